The van der Waals surface area contributed by atoms with Crippen molar-refractivity contribution in [1.82, 2.24) is 10.2 Å². The largest absolute Gasteiger partial charge is 0.469 e. The molecule has 2 atom stereocenters. The first-order valence-electron chi connectivity index (χ1n) is 7.10. The monoisotopic (exact) mass is 270 g/mol. The molecule has 1 fully saturated rings. The summed E-state index contributed by atoms with van der Waals surface area (Å²) in [6, 6.07) is 0.158. The van der Waals surface area contributed by atoms with Gasteiger partial charge in [-0.15, -0.1) is 0 Å². The minimum absolute atomic E-state index is 0.00460. The number of piperidine rings is 1. The maximum atomic E-state index is 12.0. The van der Waals surface area contributed by atoms with Gasteiger partial charge in [0.25, 0.3) is 0 Å². The average Bonchev–Trinajstić information content (AvgIpc) is 2.38. The summed E-state index contributed by atoms with van der Waals surface area (Å²) < 4.78 is 4.74. The summed E-state index contributed by atoms with van der Waals surface area (Å²) in [5.74, 6) is 0.565. The quantitative estimate of drug-likeness (QED) is 0.795. The minimum atomic E-state index is -0.150. The second kappa shape index (κ2) is 7.36. The van der Waals surface area contributed by atoms with Crippen molar-refractivity contribution in [3.05, 3.63) is 0 Å². The van der Waals surface area contributed by atoms with Crippen LogP contribution in [0.3, 0.4) is 0 Å². The number of nitrogens with zero attached hydrogens (tertiary/aromatic N) is 1. The third kappa shape index (κ3) is 4.73. The van der Waals surface area contributed by atoms with E-state index in [2.05, 4.69) is 12.2 Å². The Morgan fingerprint density at radius 1 is 1.37 bits per heavy atom. The molecule has 5 heteroatoms. The SMILES string of the molecule is CC[C@H]1CN(C(=O)NC(C)C)CC[C@H]1CC(=O)OC. The van der Waals surface area contributed by atoms with Crippen LogP contribution in [0.1, 0.15) is 40.0 Å². The van der Waals surface area contributed by atoms with Gasteiger partial charge in [-0.1, -0.05) is 13.3 Å². The Balaban J connectivity index is 2.54. The van der Waals surface area contributed by atoms with Crippen molar-refractivity contribution in [2.24, 2.45) is 11.8 Å². The summed E-state index contributed by atoms with van der Waals surface area (Å²) in [7, 11) is 1.43. The van der Waals surface area contributed by atoms with Gasteiger partial charge < -0.3 is 15.0 Å². The normalized spacial score (nSPS) is 23.3. The van der Waals surface area contributed by atoms with Crippen LogP contribution in [0.5, 0.6) is 0 Å². The number of hydrogen-bond donors (Lipinski definition) is 1. The predicted octanol–water partition coefficient (Wildman–Crippen LogP) is 2.02. The number of esters is 1. The second-order valence-corrected chi connectivity index (χ2v) is 5.55. The molecule has 2 amide bonds. The fourth-order valence-electron chi connectivity index (χ4n) is 2.63. The summed E-state index contributed by atoms with van der Waals surface area (Å²) in [5, 5.41) is 2.92. The first kappa shape index (κ1) is 15.8. The number of urea groups is 1. The average molecular weight is 270 g/mol. The van der Waals surface area contributed by atoms with Crippen LogP contribution in [0.25, 0.3) is 0 Å². The van der Waals surface area contributed by atoms with E-state index in [4.69, 9.17) is 4.74 Å². The molecule has 0 saturated carbocycles. The summed E-state index contributed by atoms with van der Waals surface area (Å²) in [6.45, 7) is 7.48. The van der Waals surface area contributed by atoms with Crippen molar-refractivity contribution >= 4 is 12.0 Å². The molecule has 0 radical (unpaired) electrons. The van der Waals surface area contributed by atoms with E-state index in [0.29, 0.717) is 18.3 Å². The molecule has 19 heavy (non-hydrogen) atoms. The van der Waals surface area contributed by atoms with Gasteiger partial charge in [-0.05, 0) is 32.1 Å². The molecule has 1 heterocycles. The van der Waals surface area contributed by atoms with Crippen molar-refractivity contribution in [3.8, 4) is 0 Å². The Kier molecular flexibility index (Phi) is 6.12. The molecule has 0 spiro atoms. The molecule has 0 aliphatic carbocycles. The zero-order chi connectivity index (χ0) is 14.4. The molecule has 0 aromatic heterocycles. The summed E-state index contributed by atoms with van der Waals surface area (Å²) in [5.41, 5.74) is 0. The highest BCUT2D eigenvalue weighted by Gasteiger charge is 2.31. The number of nitrogens with one attached hydrogen (secondary N) is 1. The first-order chi connectivity index (χ1) is 8.97. The van der Waals surface area contributed by atoms with Crippen LogP contribution in [-0.2, 0) is 9.53 Å². The van der Waals surface area contributed by atoms with Gasteiger partial charge in [0.15, 0.2) is 0 Å². The molecule has 5 nitrogen and oxygen atoms in total. The lowest BCUT2D eigenvalue weighted by atomic mass is 9.81. The van der Waals surface area contributed by atoms with E-state index < -0.39 is 0 Å². The zero-order valence-electron chi connectivity index (χ0n) is 12.4. The fourth-order valence-corrected chi connectivity index (χ4v) is 2.63. The van der Waals surface area contributed by atoms with Crippen LogP contribution in [-0.4, -0.2) is 43.1 Å². The maximum absolute atomic E-state index is 12.0. The summed E-state index contributed by atoms with van der Waals surface area (Å²) in [6.07, 6.45) is 2.32. The standard InChI is InChI=1S/C14H26N2O3/c1-5-11-9-16(14(18)15-10(2)3)7-6-12(11)8-13(17)19-4/h10-12H,5-9H2,1-4H3,(H,15,18)/t11-,12-/m0/s1. The van der Waals surface area contributed by atoms with E-state index in [1.165, 1.54) is 7.11 Å². The van der Waals surface area contributed by atoms with Crippen molar-refractivity contribution < 1.29 is 14.3 Å². The topological polar surface area (TPSA) is 58.6 Å². The molecule has 1 aliphatic rings. The number of amides is 2. The number of rotatable bonds is 4. The molecule has 1 aliphatic heterocycles. The van der Waals surface area contributed by atoms with Crippen molar-refractivity contribution in [2.45, 2.75) is 46.1 Å². The Bertz CT molecular complexity index is 318. The predicted molar refractivity (Wildman–Crippen MR) is 73.8 cm³/mol. The van der Waals surface area contributed by atoms with E-state index in [1.54, 1.807) is 0 Å². The number of carbonyl (C=O) groups is 2. The first-order valence-corrected chi connectivity index (χ1v) is 7.10. The smallest absolute Gasteiger partial charge is 0.317 e. The van der Waals surface area contributed by atoms with Gasteiger partial charge in [-0.2, -0.15) is 0 Å². The van der Waals surface area contributed by atoms with E-state index in [9.17, 15) is 9.59 Å². The molecular weight excluding hydrogens is 244 g/mol. The third-order valence-electron chi connectivity index (χ3n) is 3.77. The number of ether oxygens (including phenoxy) is 1. The van der Waals surface area contributed by atoms with Crippen LogP contribution in [0.2, 0.25) is 0 Å². The molecule has 0 aromatic rings. The van der Waals surface area contributed by atoms with E-state index in [-0.39, 0.29) is 18.0 Å². The molecule has 0 unspecified atom stereocenters. The maximum Gasteiger partial charge on any atom is 0.317 e. The Labute approximate surface area is 115 Å². The minimum Gasteiger partial charge on any atom is -0.469 e. The molecule has 0 aromatic carbocycles. The van der Waals surface area contributed by atoms with Gasteiger partial charge in [0, 0.05) is 25.6 Å². The van der Waals surface area contributed by atoms with Crippen molar-refractivity contribution in [1.29, 1.82) is 0 Å². The molecule has 110 valence electrons. The van der Waals surface area contributed by atoms with E-state index >= 15 is 0 Å². The molecule has 1 rings (SSSR count). The molecule has 1 N–H and O–H groups in total. The van der Waals surface area contributed by atoms with Crippen LogP contribution in [0.4, 0.5) is 4.79 Å². The van der Waals surface area contributed by atoms with Crippen LogP contribution in [0, 0.1) is 11.8 Å². The Morgan fingerprint density at radius 3 is 2.58 bits per heavy atom. The third-order valence-corrected chi connectivity index (χ3v) is 3.77. The van der Waals surface area contributed by atoms with Crippen LogP contribution in [0.15, 0.2) is 0 Å². The number of hydrogen-bond acceptors (Lipinski definition) is 3. The second-order valence-electron chi connectivity index (χ2n) is 5.55. The summed E-state index contributed by atoms with van der Waals surface area (Å²) in [4.78, 5) is 25.2. The zero-order valence-corrected chi connectivity index (χ0v) is 12.4. The van der Waals surface area contributed by atoms with Crippen LogP contribution < -0.4 is 5.32 Å². The number of carbonyl (C=O) groups excluding carboxylic acids is 2. The highest BCUT2D eigenvalue weighted by Crippen LogP contribution is 2.29. The van der Waals surface area contributed by atoms with E-state index in [1.807, 2.05) is 18.7 Å². The summed E-state index contributed by atoms with van der Waals surface area (Å²) >= 11 is 0. The Hall–Kier alpha value is -1.26. The number of methoxy groups -OCH3 is 1. The number of likely N-dealkylation sites (tertiary alicyclic amines) is 1. The van der Waals surface area contributed by atoms with Gasteiger partial charge >= 0.3 is 12.0 Å². The Morgan fingerprint density at radius 2 is 2.05 bits per heavy atom. The fraction of sp³-hybridized carbons (Fsp3) is 0.857. The molecule has 0 bridgehead atoms. The van der Waals surface area contributed by atoms with Crippen molar-refractivity contribution in [2.75, 3.05) is 20.2 Å². The lowest BCUT2D eigenvalue weighted by Gasteiger charge is -2.38. The van der Waals surface area contributed by atoms with Gasteiger partial charge in [0.1, 0.15) is 0 Å². The van der Waals surface area contributed by atoms with Gasteiger partial charge in [0.2, 0.25) is 0 Å². The highest BCUT2D eigenvalue weighted by atomic mass is 16.5. The lowest BCUT2D eigenvalue weighted by molar-refractivity contribution is -0.142. The lowest BCUT2D eigenvalue weighted by Crippen LogP contribution is -2.49. The van der Waals surface area contributed by atoms with Gasteiger partial charge in [0.05, 0.1) is 7.11 Å². The van der Waals surface area contributed by atoms with Gasteiger partial charge in [-0.25, -0.2) is 4.79 Å². The van der Waals surface area contributed by atoms with Crippen LogP contribution >= 0.6 is 0 Å². The van der Waals surface area contributed by atoms with Gasteiger partial charge in [-0.3, -0.25) is 4.79 Å². The highest BCUT2D eigenvalue weighted by molar-refractivity contribution is 5.74. The molecular formula is C14H26N2O3. The van der Waals surface area contributed by atoms with Crippen molar-refractivity contribution in [3.63, 3.8) is 0 Å². The van der Waals surface area contributed by atoms with E-state index in [0.717, 1.165) is 25.9 Å². The molecule has 1 saturated heterocycles.